The quantitative estimate of drug-likeness (QED) is 0.415. The van der Waals surface area contributed by atoms with Gasteiger partial charge in [-0.15, -0.1) is 0 Å². The molecule has 0 bridgehead atoms. The third-order valence-corrected chi connectivity index (χ3v) is 6.34. The van der Waals surface area contributed by atoms with Gasteiger partial charge in [-0.25, -0.2) is 18.2 Å². The zero-order valence-corrected chi connectivity index (χ0v) is 19.0. The van der Waals surface area contributed by atoms with E-state index in [-0.39, 0.29) is 34.6 Å². The third-order valence-electron chi connectivity index (χ3n) is 6.34. The number of nitrogens with zero attached hydrogens (tertiary/aromatic N) is 2. The van der Waals surface area contributed by atoms with Gasteiger partial charge in [0.05, 0.1) is 23.2 Å². The number of hydrogen-bond acceptors (Lipinski definition) is 4. The number of carboxylic acids is 1. The number of nitrogens with one attached hydrogen (secondary N) is 1. The maximum Gasteiger partial charge on any atom is 0.309 e. The first kappa shape index (κ1) is 23.4. The summed E-state index contributed by atoms with van der Waals surface area (Å²) < 4.78 is 49.7. The Morgan fingerprint density at radius 3 is 2.50 bits per heavy atom. The second-order valence-electron chi connectivity index (χ2n) is 8.51. The lowest BCUT2D eigenvalue weighted by molar-refractivity contribution is -0.142. The van der Waals surface area contributed by atoms with Crippen LogP contribution < -0.4 is 10.1 Å². The summed E-state index contributed by atoms with van der Waals surface area (Å²) in [6.07, 6.45) is 1.64. The second-order valence-corrected chi connectivity index (χ2v) is 8.51. The van der Waals surface area contributed by atoms with Gasteiger partial charge in [0, 0.05) is 11.8 Å². The third kappa shape index (κ3) is 3.94. The Balaban J connectivity index is 1.46. The summed E-state index contributed by atoms with van der Waals surface area (Å²) in [6.45, 7) is 1.18. The number of pyridine rings is 1. The van der Waals surface area contributed by atoms with Gasteiger partial charge in [0.1, 0.15) is 29.8 Å². The molecule has 1 aliphatic carbocycles. The Kier molecular flexibility index (Phi) is 5.87. The molecule has 0 saturated heterocycles. The van der Waals surface area contributed by atoms with E-state index >= 15 is 0 Å². The largest absolute Gasteiger partial charge is 0.485 e. The first-order valence-corrected chi connectivity index (χ1v) is 11.1. The fourth-order valence-electron chi connectivity index (χ4n) is 4.64. The predicted molar refractivity (Wildman–Crippen MR) is 122 cm³/mol. The number of halogens is 3. The van der Waals surface area contributed by atoms with Gasteiger partial charge >= 0.3 is 5.97 Å². The highest BCUT2D eigenvalue weighted by molar-refractivity contribution is 5.95. The van der Waals surface area contributed by atoms with Gasteiger partial charge in [-0.2, -0.15) is 0 Å². The van der Waals surface area contributed by atoms with Crippen LogP contribution in [0, 0.1) is 30.3 Å². The van der Waals surface area contributed by atoms with E-state index in [9.17, 15) is 27.9 Å². The summed E-state index contributed by atoms with van der Waals surface area (Å²) in [5.41, 5.74) is 1.06. The number of amides is 1. The summed E-state index contributed by atoms with van der Waals surface area (Å²) in [4.78, 5) is 29.6. The monoisotopic (exact) mass is 495 g/mol. The number of benzene rings is 2. The summed E-state index contributed by atoms with van der Waals surface area (Å²) in [7, 11) is 0. The Hall–Kier alpha value is -4.34. The molecule has 2 heterocycles. The van der Waals surface area contributed by atoms with E-state index < -0.39 is 47.9 Å². The number of hydrogen-bond donors (Lipinski definition) is 2. The van der Waals surface area contributed by atoms with Crippen molar-refractivity contribution in [1.29, 1.82) is 0 Å². The average Bonchev–Trinajstić information content (AvgIpc) is 3.37. The van der Waals surface area contributed by atoms with Crippen molar-refractivity contribution >= 4 is 17.5 Å². The summed E-state index contributed by atoms with van der Waals surface area (Å²) >= 11 is 0. The highest BCUT2D eigenvalue weighted by atomic mass is 19.1. The molecule has 0 saturated carbocycles. The number of fused-ring (bicyclic) bond motifs is 2. The van der Waals surface area contributed by atoms with Crippen LogP contribution in [0.1, 0.15) is 38.9 Å². The number of carbonyl (C=O) groups excluding carboxylic acids is 1. The van der Waals surface area contributed by atoms with E-state index in [1.54, 1.807) is 31.3 Å². The topological polar surface area (TPSA) is 92.9 Å². The van der Waals surface area contributed by atoms with E-state index in [2.05, 4.69) is 10.3 Å². The highest BCUT2D eigenvalue weighted by Crippen LogP contribution is 2.38. The lowest BCUT2D eigenvalue weighted by atomic mass is 10.00. The van der Waals surface area contributed by atoms with Gasteiger partial charge in [0.15, 0.2) is 11.4 Å². The summed E-state index contributed by atoms with van der Waals surface area (Å²) in [5.74, 6) is -4.74. The van der Waals surface area contributed by atoms with Crippen LogP contribution in [0.2, 0.25) is 0 Å². The number of imidazole rings is 1. The molecule has 0 unspecified atom stereocenters. The highest BCUT2D eigenvalue weighted by Gasteiger charge is 2.40. The van der Waals surface area contributed by atoms with Crippen molar-refractivity contribution in [2.75, 3.05) is 0 Å². The maximum atomic E-state index is 14.6. The molecule has 2 N–H and O–H groups in total. The minimum atomic E-state index is -1.15. The minimum absolute atomic E-state index is 0.0874. The molecule has 1 aliphatic rings. The van der Waals surface area contributed by atoms with Crippen LogP contribution in [0.25, 0.3) is 5.65 Å². The van der Waals surface area contributed by atoms with Gasteiger partial charge in [-0.3, -0.25) is 14.0 Å². The molecule has 2 atom stereocenters. The van der Waals surface area contributed by atoms with E-state index in [4.69, 9.17) is 4.74 Å². The summed E-state index contributed by atoms with van der Waals surface area (Å²) in [5, 5.41) is 12.4. The van der Waals surface area contributed by atoms with Crippen LogP contribution in [-0.2, 0) is 17.8 Å². The molecule has 10 heteroatoms. The van der Waals surface area contributed by atoms with Crippen molar-refractivity contribution in [3.8, 4) is 5.75 Å². The Labute approximate surface area is 203 Å². The van der Waals surface area contributed by atoms with Gasteiger partial charge < -0.3 is 15.2 Å². The van der Waals surface area contributed by atoms with Crippen LogP contribution in [-0.4, -0.2) is 26.4 Å². The van der Waals surface area contributed by atoms with Gasteiger partial charge in [0.25, 0.3) is 5.91 Å². The van der Waals surface area contributed by atoms with Crippen LogP contribution in [0.4, 0.5) is 13.2 Å². The van der Waals surface area contributed by atoms with Gasteiger partial charge in [-0.1, -0.05) is 18.2 Å². The molecular formula is C26H20F3N3O4. The molecule has 36 heavy (non-hydrogen) atoms. The van der Waals surface area contributed by atoms with E-state index in [0.717, 1.165) is 12.1 Å². The molecule has 0 spiro atoms. The molecular weight excluding hydrogens is 475 g/mol. The Morgan fingerprint density at radius 1 is 1.08 bits per heavy atom. The van der Waals surface area contributed by atoms with E-state index in [1.165, 1.54) is 22.6 Å². The van der Waals surface area contributed by atoms with Crippen molar-refractivity contribution in [2.24, 2.45) is 5.92 Å². The van der Waals surface area contributed by atoms with E-state index in [1.807, 2.05) is 0 Å². The number of aryl methyl sites for hydroxylation is 1. The Morgan fingerprint density at radius 2 is 1.78 bits per heavy atom. The molecule has 1 amide bonds. The lowest BCUT2D eigenvalue weighted by Crippen LogP contribution is -2.35. The number of carboxylic acid groups (broad SMARTS) is 1. The minimum Gasteiger partial charge on any atom is -0.485 e. The molecule has 2 aromatic heterocycles. The molecule has 2 aromatic carbocycles. The standard InChI is InChI=1S/C26H20F3N3O4/c1-13-23(25(33)31-22-15(26(34)35)11-14-5-2-8-19(29)21(14)22)32-10-4-9-20(24(32)30-13)36-12-16-17(27)6-3-7-18(16)28/h2-10,15,22H,11-12H2,1H3,(H,31,33)(H,34,35)/t15-,22+/m1/s1. The molecule has 4 aromatic rings. The normalized spacial score (nSPS) is 16.7. The second kappa shape index (κ2) is 9.03. The number of carbonyl (C=O) groups is 2. The van der Waals surface area contributed by atoms with Crippen LogP contribution >= 0.6 is 0 Å². The average molecular weight is 495 g/mol. The molecule has 5 rings (SSSR count). The van der Waals surface area contributed by atoms with Crippen molar-refractivity contribution in [2.45, 2.75) is 26.0 Å². The molecule has 0 aliphatic heterocycles. The number of ether oxygens (including phenoxy) is 1. The van der Waals surface area contributed by atoms with Crippen molar-refractivity contribution in [1.82, 2.24) is 14.7 Å². The zero-order valence-electron chi connectivity index (χ0n) is 19.0. The predicted octanol–water partition coefficient (Wildman–Crippen LogP) is 4.37. The fraction of sp³-hybridized carbons (Fsp3) is 0.192. The van der Waals surface area contributed by atoms with Crippen LogP contribution in [0.5, 0.6) is 5.75 Å². The van der Waals surface area contributed by atoms with Gasteiger partial charge in [-0.05, 0) is 49.2 Å². The number of rotatable bonds is 6. The number of aliphatic carboxylic acids is 1. The molecule has 7 nitrogen and oxygen atoms in total. The zero-order chi connectivity index (χ0) is 25.6. The molecule has 0 fully saturated rings. The SMILES string of the molecule is Cc1nc2c(OCc3c(F)cccc3F)cccn2c1C(=O)N[C@@H]1c2c(F)cccc2C[C@H]1C(=O)O. The summed E-state index contributed by atoms with van der Waals surface area (Å²) in [6, 6.07) is 9.92. The van der Waals surface area contributed by atoms with Crippen molar-refractivity contribution in [3.05, 3.63) is 100 Å². The van der Waals surface area contributed by atoms with Crippen LogP contribution in [0.15, 0.2) is 54.7 Å². The smallest absolute Gasteiger partial charge is 0.309 e. The lowest BCUT2D eigenvalue weighted by Gasteiger charge is -2.19. The first-order chi connectivity index (χ1) is 17.3. The van der Waals surface area contributed by atoms with Crippen LogP contribution in [0.3, 0.4) is 0 Å². The maximum absolute atomic E-state index is 14.6. The first-order valence-electron chi connectivity index (χ1n) is 11.1. The molecule has 184 valence electrons. The number of aromatic nitrogens is 2. The van der Waals surface area contributed by atoms with E-state index in [0.29, 0.717) is 11.3 Å². The van der Waals surface area contributed by atoms with Gasteiger partial charge in [0.2, 0.25) is 0 Å². The van der Waals surface area contributed by atoms with Crippen molar-refractivity contribution < 1.29 is 32.6 Å². The molecule has 0 radical (unpaired) electrons. The fourth-order valence-corrected chi connectivity index (χ4v) is 4.64. The Bertz CT molecular complexity index is 1500. The van der Waals surface area contributed by atoms with Crippen molar-refractivity contribution in [3.63, 3.8) is 0 Å².